The minimum atomic E-state index is -0.0552. The molecule has 0 aliphatic carbocycles. The highest BCUT2D eigenvalue weighted by molar-refractivity contribution is 7.98. The second kappa shape index (κ2) is 18.1. The van der Waals surface area contributed by atoms with Crippen LogP contribution >= 0.6 is 11.8 Å². The van der Waals surface area contributed by atoms with E-state index in [0.29, 0.717) is 25.6 Å². The first-order valence-corrected chi connectivity index (χ1v) is 18.8. The van der Waals surface area contributed by atoms with Gasteiger partial charge >= 0.3 is 0 Å². The zero-order valence-electron chi connectivity index (χ0n) is 29.8. The largest absolute Gasteiger partial charge is 0.491 e. The van der Waals surface area contributed by atoms with E-state index >= 15 is 0 Å². The van der Waals surface area contributed by atoms with Gasteiger partial charge in [0.1, 0.15) is 18.2 Å². The van der Waals surface area contributed by atoms with Crippen molar-refractivity contribution < 1.29 is 14.3 Å². The fourth-order valence-electron chi connectivity index (χ4n) is 6.04. The van der Waals surface area contributed by atoms with Gasteiger partial charge in [-0.15, -0.1) is 11.8 Å². The fraction of sp³-hybridized carbons (Fsp3) is 0.415. The van der Waals surface area contributed by atoms with E-state index < -0.39 is 0 Å². The molecule has 1 aromatic heterocycles. The van der Waals surface area contributed by atoms with Gasteiger partial charge in [-0.05, 0) is 103 Å². The second-order valence-corrected chi connectivity index (χ2v) is 14.2. The Morgan fingerprint density at radius 3 is 2.47 bits per heavy atom. The molecule has 7 nitrogen and oxygen atoms in total. The number of fused-ring (bicyclic) bond motifs is 1. The van der Waals surface area contributed by atoms with Crippen LogP contribution in [0.4, 0.5) is 11.4 Å². The SMILES string of the molecule is CCCCOCCOc1ccc(-c2ccc3c(c2)C=C(C(=O)Nc2ccc(SCc4ncc(C)n4CCC)cc2)CCN3CC(C)C)cc1. The molecule has 1 N–H and O–H groups in total. The molecule has 0 atom stereocenters. The van der Waals surface area contributed by atoms with Gasteiger partial charge in [-0.2, -0.15) is 0 Å². The van der Waals surface area contributed by atoms with Gasteiger partial charge < -0.3 is 24.3 Å². The number of anilines is 2. The van der Waals surface area contributed by atoms with Crippen LogP contribution in [0.25, 0.3) is 17.2 Å². The van der Waals surface area contributed by atoms with Crippen molar-refractivity contribution in [3.8, 4) is 16.9 Å². The first-order valence-electron chi connectivity index (χ1n) is 17.8. The van der Waals surface area contributed by atoms with E-state index in [9.17, 15) is 4.79 Å². The Hall–Kier alpha value is -4.01. The molecule has 4 aromatic rings. The van der Waals surface area contributed by atoms with Crippen LogP contribution in [0.1, 0.15) is 70.5 Å². The van der Waals surface area contributed by atoms with E-state index in [0.717, 1.165) is 95.7 Å². The summed E-state index contributed by atoms with van der Waals surface area (Å²) in [7, 11) is 0. The summed E-state index contributed by atoms with van der Waals surface area (Å²) in [5.74, 6) is 3.19. The van der Waals surface area contributed by atoms with E-state index in [4.69, 9.17) is 9.47 Å². The molecule has 0 fully saturated rings. The number of unbranched alkanes of at least 4 members (excludes halogenated alkanes) is 1. The molecule has 0 saturated heterocycles. The maximum atomic E-state index is 13.7. The topological polar surface area (TPSA) is 68.6 Å². The van der Waals surface area contributed by atoms with Crippen LogP contribution in [-0.2, 0) is 21.8 Å². The number of benzene rings is 3. The quantitative estimate of drug-likeness (QED) is 0.0885. The minimum absolute atomic E-state index is 0.0552. The third kappa shape index (κ3) is 10.2. The molecule has 49 heavy (non-hydrogen) atoms. The third-order valence-corrected chi connectivity index (χ3v) is 9.63. The van der Waals surface area contributed by atoms with E-state index in [-0.39, 0.29) is 5.91 Å². The molecule has 8 heteroatoms. The zero-order valence-corrected chi connectivity index (χ0v) is 30.7. The number of carbonyl (C=O) groups excluding carboxylic acids is 1. The van der Waals surface area contributed by atoms with Crippen LogP contribution in [0.5, 0.6) is 5.75 Å². The summed E-state index contributed by atoms with van der Waals surface area (Å²) in [6.45, 7) is 15.6. The van der Waals surface area contributed by atoms with Crippen molar-refractivity contribution in [1.29, 1.82) is 0 Å². The molecule has 0 bridgehead atoms. The number of imidazole rings is 1. The van der Waals surface area contributed by atoms with Gasteiger partial charge in [-0.1, -0.05) is 52.3 Å². The van der Waals surface area contributed by atoms with Gasteiger partial charge in [0.15, 0.2) is 0 Å². The Bertz CT molecular complexity index is 1680. The fourth-order valence-corrected chi connectivity index (χ4v) is 6.90. The number of nitrogens with one attached hydrogen (secondary N) is 1. The Morgan fingerprint density at radius 2 is 1.73 bits per heavy atom. The van der Waals surface area contributed by atoms with Crippen molar-refractivity contribution >= 4 is 35.1 Å². The normalized spacial score (nSPS) is 12.9. The molecule has 1 aliphatic rings. The first kappa shape index (κ1) is 36.3. The molecule has 1 aliphatic heterocycles. The lowest BCUT2D eigenvalue weighted by atomic mass is 10.00. The number of ether oxygens (including phenoxy) is 2. The van der Waals surface area contributed by atoms with Crippen molar-refractivity contribution in [2.75, 3.05) is 43.1 Å². The summed E-state index contributed by atoms with van der Waals surface area (Å²) in [5.41, 5.74) is 7.23. The average molecular weight is 681 g/mol. The highest BCUT2D eigenvalue weighted by atomic mass is 32.2. The molecular formula is C41H52N4O3S. The van der Waals surface area contributed by atoms with Crippen LogP contribution < -0.4 is 15.0 Å². The van der Waals surface area contributed by atoms with E-state index in [1.807, 2.05) is 30.5 Å². The Labute approximate surface area is 297 Å². The standard InChI is InChI=1S/C41H52N4O3S/c1-6-8-22-47-23-24-48-37-14-9-32(10-15-37)33-11-18-39-35(25-33)26-34(19-21-44(39)28-30(3)4)41(46)43-36-12-16-38(17-13-36)49-29-40-42-27-31(5)45(40)20-7-2/h9-18,25-27,30H,6-8,19-24,28-29H2,1-5H3,(H,43,46). The number of aromatic nitrogens is 2. The highest BCUT2D eigenvalue weighted by Crippen LogP contribution is 2.34. The number of rotatable bonds is 17. The van der Waals surface area contributed by atoms with Gasteiger partial charge in [0.2, 0.25) is 0 Å². The van der Waals surface area contributed by atoms with Crippen molar-refractivity contribution in [2.24, 2.45) is 5.92 Å². The highest BCUT2D eigenvalue weighted by Gasteiger charge is 2.21. The average Bonchev–Trinajstić information content (AvgIpc) is 3.34. The van der Waals surface area contributed by atoms with Crippen LogP contribution in [0.2, 0.25) is 0 Å². The number of thioether (sulfide) groups is 1. The zero-order chi connectivity index (χ0) is 34.6. The smallest absolute Gasteiger partial charge is 0.251 e. The molecule has 2 heterocycles. The van der Waals surface area contributed by atoms with Gasteiger partial charge in [0.25, 0.3) is 5.91 Å². The summed E-state index contributed by atoms with van der Waals surface area (Å²) in [6, 6.07) is 22.9. The van der Waals surface area contributed by atoms with Gasteiger partial charge in [0.05, 0.1) is 12.4 Å². The third-order valence-electron chi connectivity index (χ3n) is 8.62. The van der Waals surface area contributed by atoms with Crippen LogP contribution in [-0.4, -0.2) is 48.4 Å². The van der Waals surface area contributed by atoms with Crippen molar-refractivity contribution in [3.05, 3.63) is 95.6 Å². The summed E-state index contributed by atoms with van der Waals surface area (Å²) in [6.07, 6.45) is 8.00. The summed E-state index contributed by atoms with van der Waals surface area (Å²) in [4.78, 5) is 21.9. The molecule has 0 unspecified atom stereocenters. The van der Waals surface area contributed by atoms with Crippen LogP contribution in [0.3, 0.4) is 0 Å². The second-order valence-electron chi connectivity index (χ2n) is 13.1. The molecule has 0 spiro atoms. The maximum Gasteiger partial charge on any atom is 0.251 e. The number of carbonyl (C=O) groups is 1. The number of amides is 1. The number of hydrogen-bond donors (Lipinski definition) is 1. The lowest BCUT2D eigenvalue weighted by Crippen LogP contribution is -2.29. The van der Waals surface area contributed by atoms with Crippen LogP contribution in [0, 0.1) is 12.8 Å². The first-order chi connectivity index (χ1) is 23.8. The van der Waals surface area contributed by atoms with Gasteiger partial charge in [-0.3, -0.25) is 4.79 Å². The van der Waals surface area contributed by atoms with E-state index in [1.54, 1.807) is 11.8 Å². The lowest BCUT2D eigenvalue weighted by molar-refractivity contribution is -0.112. The maximum absolute atomic E-state index is 13.7. The van der Waals surface area contributed by atoms with Crippen molar-refractivity contribution in [1.82, 2.24) is 9.55 Å². The number of hydrogen-bond acceptors (Lipinski definition) is 6. The number of nitrogens with zero attached hydrogens (tertiary/aromatic N) is 3. The predicted molar refractivity (Wildman–Crippen MR) is 205 cm³/mol. The summed E-state index contributed by atoms with van der Waals surface area (Å²) in [5, 5.41) is 3.17. The Morgan fingerprint density at radius 1 is 0.959 bits per heavy atom. The minimum Gasteiger partial charge on any atom is -0.491 e. The van der Waals surface area contributed by atoms with E-state index in [2.05, 4.69) is 103 Å². The molecular weight excluding hydrogens is 629 g/mol. The lowest BCUT2D eigenvalue weighted by Gasteiger charge is -2.27. The molecule has 0 radical (unpaired) electrons. The monoisotopic (exact) mass is 680 g/mol. The van der Waals surface area contributed by atoms with Crippen LogP contribution in [0.15, 0.2) is 83.4 Å². The molecule has 260 valence electrons. The van der Waals surface area contributed by atoms with E-state index in [1.165, 1.54) is 11.4 Å². The predicted octanol–water partition coefficient (Wildman–Crippen LogP) is 9.64. The van der Waals surface area contributed by atoms with Gasteiger partial charge in [0, 0.05) is 60.0 Å². The Kier molecular flexibility index (Phi) is 13.4. The number of aryl methyl sites for hydroxylation is 1. The van der Waals surface area contributed by atoms with Crippen molar-refractivity contribution in [3.63, 3.8) is 0 Å². The molecule has 3 aromatic carbocycles. The molecule has 0 saturated carbocycles. The molecule has 1 amide bonds. The summed E-state index contributed by atoms with van der Waals surface area (Å²) >= 11 is 1.76. The molecule has 5 rings (SSSR count). The summed E-state index contributed by atoms with van der Waals surface area (Å²) < 4.78 is 13.8. The van der Waals surface area contributed by atoms with Gasteiger partial charge in [-0.25, -0.2) is 4.98 Å². The van der Waals surface area contributed by atoms with Crippen molar-refractivity contribution in [2.45, 2.75) is 77.5 Å². The Balaban J connectivity index is 1.26.